The first-order chi connectivity index (χ1) is 9.75. The van der Waals surface area contributed by atoms with E-state index in [0.29, 0.717) is 22.6 Å². The Bertz CT molecular complexity index is 744. The summed E-state index contributed by atoms with van der Waals surface area (Å²) in [7, 11) is 0. The molecular formula is C15H11FN4. The largest absolute Gasteiger partial charge is 0.384 e. The number of nitrogen functional groups attached to an aromatic ring is 1. The van der Waals surface area contributed by atoms with Gasteiger partial charge in [-0.3, -0.25) is 9.97 Å². The van der Waals surface area contributed by atoms with Crippen LogP contribution in [-0.4, -0.2) is 15.0 Å². The Morgan fingerprint density at radius 3 is 2.50 bits per heavy atom. The Balaban J connectivity index is 2.25. The summed E-state index contributed by atoms with van der Waals surface area (Å²) < 4.78 is 13.9. The van der Waals surface area contributed by atoms with Gasteiger partial charge in [-0.15, -0.1) is 0 Å². The van der Waals surface area contributed by atoms with E-state index in [-0.39, 0.29) is 0 Å². The predicted molar refractivity (Wildman–Crippen MR) is 75.1 cm³/mol. The quantitative estimate of drug-likeness (QED) is 0.774. The molecule has 0 atom stereocenters. The second-order valence-electron chi connectivity index (χ2n) is 4.23. The van der Waals surface area contributed by atoms with Gasteiger partial charge in [0.1, 0.15) is 11.6 Å². The highest BCUT2D eigenvalue weighted by atomic mass is 19.1. The maximum Gasteiger partial charge on any atom is 0.149 e. The van der Waals surface area contributed by atoms with Crippen LogP contribution in [0.5, 0.6) is 0 Å². The van der Waals surface area contributed by atoms with Crippen molar-refractivity contribution in [3.8, 4) is 22.4 Å². The molecule has 4 nitrogen and oxygen atoms in total. The minimum atomic E-state index is -0.399. The van der Waals surface area contributed by atoms with Gasteiger partial charge in [-0.25, -0.2) is 9.37 Å². The highest BCUT2D eigenvalue weighted by Crippen LogP contribution is 2.31. The smallest absolute Gasteiger partial charge is 0.149 e. The van der Waals surface area contributed by atoms with Crippen LogP contribution in [0, 0.1) is 5.82 Å². The van der Waals surface area contributed by atoms with Crippen molar-refractivity contribution in [3.63, 3.8) is 0 Å². The molecule has 3 aromatic heterocycles. The molecule has 0 fully saturated rings. The van der Waals surface area contributed by atoms with Gasteiger partial charge in [-0.1, -0.05) is 0 Å². The summed E-state index contributed by atoms with van der Waals surface area (Å²) >= 11 is 0. The fraction of sp³-hybridized carbons (Fsp3) is 0. The van der Waals surface area contributed by atoms with Crippen molar-refractivity contribution in [1.82, 2.24) is 15.0 Å². The monoisotopic (exact) mass is 266 g/mol. The number of nitrogens with zero attached hydrogens (tertiary/aromatic N) is 3. The van der Waals surface area contributed by atoms with Crippen LogP contribution in [0.3, 0.4) is 0 Å². The molecule has 0 spiro atoms. The van der Waals surface area contributed by atoms with Crippen molar-refractivity contribution in [3.05, 3.63) is 60.9 Å². The van der Waals surface area contributed by atoms with E-state index in [1.165, 1.54) is 6.20 Å². The first-order valence-electron chi connectivity index (χ1n) is 6.02. The number of nitrogens with two attached hydrogens (primary N) is 1. The van der Waals surface area contributed by atoms with Crippen LogP contribution in [-0.2, 0) is 0 Å². The Kier molecular flexibility index (Phi) is 3.09. The molecule has 5 heteroatoms. The average molecular weight is 266 g/mol. The highest BCUT2D eigenvalue weighted by molar-refractivity contribution is 5.81. The lowest BCUT2D eigenvalue weighted by atomic mass is 10.0. The van der Waals surface area contributed by atoms with E-state index in [0.717, 1.165) is 5.56 Å². The maximum absolute atomic E-state index is 13.9. The van der Waals surface area contributed by atoms with Crippen molar-refractivity contribution in [2.45, 2.75) is 0 Å². The highest BCUT2D eigenvalue weighted by Gasteiger charge is 2.13. The first kappa shape index (κ1) is 12.2. The molecule has 2 N–H and O–H groups in total. The predicted octanol–water partition coefficient (Wildman–Crippen LogP) is 2.93. The maximum atomic E-state index is 13.9. The van der Waals surface area contributed by atoms with Gasteiger partial charge in [-0.05, 0) is 30.3 Å². The number of hydrogen-bond acceptors (Lipinski definition) is 4. The van der Waals surface area contributed by atoms with Crippen molar-refractivity contribution in [2.24, 2.45) is 0 Å². The Morgan fingerprint density at radius 2 is 1.75 bits per heavy atom. The lowest BCUT2D eigenvalue weighted by molar-refractivity contribution is 0.625. The van der Waals surface area contributed by atoms with Crippen LogP contribution in [0.2, 0.25) is 0 Å². The Labute approximate surface area is 115 Å². The van der Waals surface area contributed by atoms with Crippen LogP contribution in [0.4, 0.5) is 10.2 Å². The van der Waals surface area contributed by atoms with Crippen molar-refractivity contribution in [2.75, 3.05) is 5.73 Å². The van der Waals surface area contributed by atoms with Gasteiger partial charge in [0.25, 0.3) is 0 Å². The lowest BCUT2D eigenvalue weighted by Gasteiger charge is -2.10. The molecule has 0 aliphatic heterocycles. The third-order valence-electron chi connectivity index (χ3n) is 2.91. The summed E-state index contributed by atoms with van der Waals surface area (Å²) in [4.78, 5) is 12.1. The van der Waals surface area contributed by atoms with E-state index in [2.05, 4.69) is 15.0 Å². The minimum Gasteiger partial charge on any atom is -0.384 e. The Hall–Kier alpha value is -2.82. The summed E-state index contributed by atoms with van der Waals surface area (Å²) in [5.41, 5.74) is 8.22. The molecule has 0 saturated carbocycles. The van der Waals surface area contributed by atoms with Crippen LogP contribution in [0.15, 0.2) is 55.1 Å². The third kappa shape index (κ3) is 2.21. The molecule has 98 valence electrons. The zero-order valence-corrected chi connectivity index (χ0v) is 10.5. The molecule has 3 aromatic rings. The second kappa shape index (κ2) is 5.05. The van der Waals surface area contributed by atoms with E-state index in [1.54, 1.807) is 42.9 Å². The van der Waals surface area contributed by atoms with Gasteiger partial charge >= 0.3 is 0 Å². The first-order valence-corrected chi connectivity index (χ1v) is 6.02. The molecule has 0 bridgehead atoms. The summed E-state index contributed by atoms with van der Waals surface area (Å²) in [6.45, 7) is 0. The van der Waals surface area contributed by atoms with Gasteiger partial charge in [0.05, 0.1) is 11.9 Å². The summed E-state index contributed by atoms with van der Waals surface area (Å²) in [5.74, 6) is -0.0220. The number of hydrogen-bond donors (Lipinski definition) is 1. The zero-order valence-electron chi connectivity index (χ0n) is 10.5. The van der Waals surface area contributed by atoms with Crippen LogP contribution < -0.4 is 5.73 Å². The number of aromatic nitrogens is 3. The SMILES string of the molecule is Nc1ccc(-c2ccncc2F)c(-c2cccnc2)n1. The fourth-order valence-electron chi connectivity index (χ4n) is 2.01. The van der Waals surface area contributed by atoms with Gasteiger partial charge in [0.2, 0.25) is 0 Å². The van der Waals surface area contributed by atoms with E-state index in [9.17, 15) is 4.39 Å². The molecule has 3 heterocycles. The summed E-state index contributed by atoms with van der Waals surface area (Å²) in [6, 6.07) is 8.67. The third-order valence-corrected chi connectivity index (χ3v) is 2.91. The molecule has 3 rings (SSSR count). The molecular weight excluding hydrogens is 255 g/mol. The number of rotatable bonds is 2. The van der Waals surface area contributed by atoms with Gasteiger partial charge in [0.15, 0.2) is 0 Å². The van der Waals surface area contributed by atoms with E-state index in [4.69, 9.17) is 5.73 Å². The standard InChI is InChI=1S/C15H11FN4/c16-13-9-19-7-5-11(13)12-3-4-14(17)20-15(12)10-2-1-6-18-8-10/h1-9H,(H2,17,20). The average Bonchev–Trinajstić information content (AvgIpc) is 2.49. The molecule has 0 aromatic carbocycles. The van der Waals surface area contributed by atoms with E-state index < -0.39 is 5.82 Å². The van der Waals surface area contributed by atoms with Crippen LogP contribution in [0.1, 0.15) is 0 Å². The normalized spacial score (nSPS) is 10.4. The van der Waals surface area contributed by atoms with Gasteiger partial charge in [-0.2, -0.15) is 0 Å². The second-order valence-corrected chi connectivity index (χ2v) is 4.23. The van der Waals surface area contributed by atoms with Crippen LogP contribution in [0.25, 0.3) is 22.4 Å². The summed E-state index contributed by atoms with van der Waals surface area (Å²) in [6.07, 6.45) is 6.06. The minimum absolute atomic E-state index is 0.377. The topological polar surface area (TPSA) is 64.7 Å². The molecule has 0 amide bonds. The van der Waals surface area contributed by atoms with Gasteiger partial charge in [0, 0.05) is 35.3 Å². The van der Waals surface area contributed by atoms with Crippen LogP contribution >= 0.6 is 0 Å². The number of halogens is 1. The van der Waals surface area contributed by atoms with E-state index in [1.807, 2.05) is 6.07 Å². The molecule has 0 unspecified atom stereocenters. The van der Waals surface area contributed by atoms with E-state index >= 15 is 0 Å². The molecule has 0 aliphatic carbocycles. The lowest BCUT2D eigenvalue weighted by Crippen LogP contribution is -1.97. The van der Waals surface area contributed by atoms with Crippen molar-refractivity contribution in [1.29, 1.82) is 0 Å². The Morgan fingerprint density at radius 1 is 0.900 bits per heavy atom. The number of anilines is 1. The fourth-order valence-corrected chi connectivity index (χ4v) is 2.01. The van der Waals surface area contributed by atoms with Crippen molar-refractivity contribution < 1.29 is 4.39 Å². The number of pyridine rings is 3. The molecule has 0 saturated heterocycles. The molecule has 0 radical (unpaired) electrons. The summed E-state index contributed by atoms with van der Waals surface area (Å²) in [5, 5.41) is 0. The van der Waals surface area contributed by atoms with Gasteiger partial charge < -0.3 is 5.73 Å². The molecule has 0 aliphatic rings. The molecule has 20 heavy (non-hydrogen) atoms. The van der Waals surface area contributed by atoms with Crippen molar-refractivity contribution >= 4 is 5.82 Å². The zero-order chi connectivity index (χ0) is 13.9.